The summed E-state index contributed by atoms with van der Waals surface area (Å²) in [5.74, 6) is 1.75. The van der Waals surface area contributed by atoms with Gasteiger partial charge in [-0.05, 0) is 24.0 Å². The SMILES string of the molecule is CCSc1cc(NC(C)=O)ccc1OC. The average molecular weight is 225 g/mol. The number of amides is 1. The van der Waals surface area contributed by atoms with Gasteiger partial charge in [0.15, 0.2) is 0 Å². The molecule has 0 aliphatic heterocycles. The van der Waals surface area contributed by atoms with Gasteiger partial charge in [-0.2, -0.15) is 0 Å². The summed E-state index contributed by atoms with van der Waals surface area (Å²) in [6.45, 7) is 3.58. The fourth-order valence-corrected chi connectivity index (χ4v) is 2.04. The molecule has 0 atom stereocenters. The minimum Gasteiger partial charge on any atom is -0.496 e. The maximum Gasteiger partial charge on any atom is 0.221 e. The minimum absolute atomic E-state index is 0.0624. The molecule has 0 bridgehead atoms. The number of methoxy groups -OCH3 is 1. The Bertz CT molecular complexity index is 352. The molecule has 0 aromatic heterocycles. The molecule has 3 nitrogen and oxygen atoms in total. The Morgan fingerprint density at radius 3 is 2.80 bits per heavy atom. The Balaban J connectivity index is 2.93. The molecule has 0 radical (unpaired) electrons. The van der Waals surface area contributed by atoms with Crippen LogP contribution in [-0.2, 0) is 4.79 Å². The Morgan fingerprint density at radius 2 is 2.27 bits per heavy atom. The molecule has 15 heavy (non-hydrogen) atoms. The number of carbonyl (C=O) groups excluding carboxylic acids is 1. The predicted octanol–water partition coefficient (Wildman–Crippen LogP) is 2.77. The molecule has 82 valence electrons. The van der Waals surface area contributed by atoms with Crippen LogP contribution in [0.4, 0.5) is 5.69 Å². The lowest BCUT2D eigenvalue weighted by Crippen LogP contribution is -2.05. The van der Waals surface area contributed by atoms with Gasteiger partial charge in [-0.25, -0.2) is 0 Å². The van der Waals surface area contributed by atoms with Gasteiger partial charge in [0.25, 0.3) is 0 Å². The minimum atomic E-state index is -0.0624. The molecule has 0 fully saturated rings. The Labute approximate surface area is 94.2 Å². The second-order valence-electron chi connectivity index (χ2n) is 2.98. The molecular formula is C11H15NO2S. The fraction of sp³-hybridized carbons (Fsp3) is 0.364. The van der Waals surface area contributed by atoms with Crippen molar-refractivity contribution in [2.45, 2.75) is 18.7 Å². The van der Waals surface area contributed by atoms with Crippen molar-refractivity contribution in [2.75, 3.05) is 18.2 Å². The second-order valence-corrected chi connectivity index (χ2v) is 4.29. The first-order chi connectivity index (χ1) is 7.17. The van der Waals surface area contributed by atoms with Gasteiger partial charge in [-0.15, -0.1) is 11.8 Å². The van der Waals surface area contributed by atoms with Gasteiger partial charge >= 0.3 is 0 Å². The summed E-state index contributed by atoms with van der Waals surface area (Å²) in [6.07, 6.45) is 0. The summed E-state index contributed by atoms with van der Waals surface area (Å²) < 4.78 is 5.22. The zero-order valence-corrected chi connectivity index (χ0v) is 9.98. The van der Waals surface area contributed by atoms with E-state index in [-0.39, 0.29) is 5.91 Å². The first kappa shape index (κ1) is 11.9. The lowest BCUT2D eigenvalue weighted by Gasteiger charge is -2.09. The molecule has 0 saturated heterocycles. The van der Waals surface area contributed by atoms with E-state index in [1.54, 1.807) is 18.9 Å². The Hall–Kier alpha value is -1.16. The summed E-state index contributed by atoms with van der Waals surface area (Å²) in [4.78, 5) is 11.9. The summed E-state index contributed by atoms with van der Waals surface area (Å²) in [5.41, 5.74) is 0.805. The molecule has 0 spiro atoms. The van der Waals surface area contributed by atoms with Crippen LogP contribution < -0.4 is 10.1 Å². The average Bonchev–Trinajstić information content (AvgIpc) is 2.18. The van der Waals surface area contributed by atoms with Crippen molar-refractivity contribution < 1.29 is 9.53 Å². The molecule has 1 amide bonds. The maximum absolute atomic E-state index is 10.9. The van der Waals surface area contributed by atoms with Crippen molar-refractivity contribution in [3.63, 3.8) is 0 Å². The number of thioether (sulfide) groups is 1. The first-order valence-electron chi connectivity index (χ1n) is 4.75. The van der Waals surface area contributed by atoms with Gasteiger partial charge in [0.05, 0.1) is 12.0 Å². The van der Waals surface area contributed by atoms with E-state index < -0.39 is 0 Å². The number of ether oxygens (including phenoxy) is 1. The van der Waals surface area contributed by atoms with Crippen LogP contribution in [0.1, 0.15) is 13.8 Å². The lowest BCUT2D eigenvalue weighted by molar-refractivity contribution is -0.114. The van der Waals surface area contributed by atoms with Gasteiger partial charge in [0.2, 0.25) is 5.91 Å². The number of benzene rings is 1. The van der Waals surface area contributed by atoms with Crippen molar-refractivity contribution in [3.8, 4) is 5.75 Å². The number of nitrogens with one attached hydrogen (secondary N) is 1. The molecule has 4 heteroatoms. The topological polar surface area (TPSA) is 38.3 Å². The van der Waals surface area contributed by atoms with Crippen LogP contribution in [0.5, 0.6) is 5.75 Å². The van der Waals surface area contributed by atoms with Crippen LogP contribution in [0, 0.1) is 0 Å². The Morgan fingerprint density at radius 1 is 1.53 bits per heavy atom. The smallest absolute Gasteiger partial charge is 0.221 e. The predicted molar refractivity (Wildman–Crippen MR) is 63.7 cm³/mol. The van der Waals surface area contributed by atoms with Crippen molar-refractivity contribution in [3.05, 3.63) is 18.2 Å². The molecule has 0 aliphatic carbocycles. The van der Waals surface area contributed by atoms with E-state index in [4.69, 9.17) is 4.74 Å². The molecule has 1 rings (SSSR count). The number of carbonyl (C=O) groups is 1. The zero-order valence-electron chi connectivity index (χ0n) is 9.16. The van der Waals surface area contributed by atoms with Crippen molar-refractivity contribution in [1.82, 2.24) is 0 Å². The maximum atomic E-state index is 10.9. The van der Waals surface area contributed by atoms with E-state index in [2.05, 4.69) is 12.2 Å². The van der Waals surface area contributed by atoms with Crippen LogP contribution in [0.2, 0.25) is 0 Å². The van der Waals surface area contributed by atoms with Crippen molar-refractivity contribution in [2.24, 2.45) is 0 Å². The quantitative estimate of drug-likeness (QED) is 0.801. The largest absolute Gasteiger partial charge is 0.496 e. The van der Waals surface area contributed by atoms with E-state index in [9.17, 15) is 4.79 Å². The molecule has 1 aromatic carbocycles. The third kappa shape index (κ3) is 3.47. The zero-order chi connectivity index (χ0) is 11.3. The first-order valence-corrected chi connectivity index (χ1v) is 5.74. The molecular weight excluding hydrogens is 210 g/mol. The summed E-state index contributed by atoms with van der Waals surface area (Å²) >= 11 is 1.69. The van der Waals surface area contributed by atoms with Gasteiger partial charge in [0, 0.05) is 12.6 Å². The van der Waals surface area contributed by atoms with E-state index in [0.717, 1.165) is 22.1 Å². The van der Waals surface area contributed by atoms with Gasteiger partial charge in [0.1, 0.15) is 5.75 Å². The molecule has 0 heterocycles. The highest BCUT2D eigenvalue weighted by atomic mass is 32.2. The molecule has 1 aromatic rings. The standard InChI is InChI=1S/C11H15NO2S/c1-4-15-11-7-9(12-8(2)13)5-6-10(11)14-3/h5-7H,4H2,1-3H3,(H,12,13). The van der Waals surface area contributed by atoms with Crippen molar-refractivity contribution in [1.29, 1.82) is 0 Å². The van der Waals surface area contributed by atoms with Crippen molar-refractivity contribution >= 4 is 23.4 Å². The van der Waals surface area contributed by atoms with Crippen LogP contribution >= 0.6 is 11.8 Å². The monoisotopic (exact) mass is 225 g/mol. The van der Waals surface area contributed by atoms with Gasteiger partial charge in [-0.3, -0.25) is 4.79 Å². The van der Waals surface area contributed by atoms with E-state index in [0.29, 0.717) is 0 Å². The second kappa shape index (κ2) is 5.66. The van der Waals surface area contributed by atoms with Crippen LogP contribution in [0.15, 0.2) is 23.1 Å². The van der Waals surface area contributed by atoms with Crippen LogP contribution in [0.25, 0.3) is 0 Å². The highest BCUT2D eigenvalue weighted by Gasteiger charge is 2.04. The lowest BCUT2D eigenvalue weighted by atomic mass is 10.3. The summed E-state index contributed by atoms with van der Waals surface area (Å²) in [6, 6.07) is 5.62. The third-order valence-electron chi connectivity index (χ3n) is 1.78. The van der Waals surface area contributed by atoms with E-state index in [1.165, 1.54) is 6.92 Å². The summed E-state index contributed by atoms with van der Waals surface area (Å²) in [5, 5.41) is 2.75. The van der Waals surface area contributed by atoms with Gasteiger partial charge < -0.3 is 10.1 Å². The summed E-state index contributed by atoms with van der Waals surface area (Å²) in [7, 11) is 1.65. The number of rotatable bonds is 4. The van der Waals surface area contributed by atoms with E-state index >= 15 is 0 Å². The third-order valence-corrected chi connectivity index (χ3v) is 2.70. The molecule has 0 saturated carbocycles. The highest BCUT2D eigenvalue weighted by molar-refractivity contribution is 7.99. The number of anilines is 1. The normalized spacial score (nSPS) is 9.80. The fourth-order valence-electron chi connectivity index (χ4n) is 1.23. The van der Waals surface area contributed by atoms with Crippen LogP contribution in [0.3, 0.4) is 0 Å². The molecule has 0 aliphatic rings. The number of hydrogen-bond acceptors (Lipinski definition) is 3. The number of hydrogen-bond donors (Lipinski definition) is 1. The van der Waals surface area contributed by atoms with Crippen LogP contribution in [-0.4, -0.2) is 18.8 Å². The molecule has 1 N–H and O–H groups in total. The van der Waals surface area contributed by atoms with E-state index in [1.807, 2.05) is 18.2 Å². The molecule has 0 unspecified atom stereocenters. The highest BCUT2D eigenvalue weighted by Crippen LogP contribution is 2.31. The van der Waals surface area contributed by atoms with Gasteiger partial charge in [-0.1, -0.05) is 6.92 Å². The Kier molecular flexibility index (Phi) is 4.49.